The van der Waals surface area contributed by atoms with Crippen molar-refractivity contribution in [2.75, 3.05) is 0 Å². The van der Waals surface area contributed by atoms with Crippen LogP contribution in [0.1, 0.15) is 52.5 Å². The van der Waals surface area contributed by atoms with Crippen LogP contribution in [0.25, 0.3) is 0 Å². The van der Waals surface area contributed by atoms with Gasteiger partial charge in [-0.05, 0) is 62.3 Å². The molecule has 5 heteroatoms. The van der Waals surface area contributed by atoms with Gasteiger partial charge in [-0.1, -0.05) is 47.5 Å². The van der Waals surface area contributed by atoms with Gasteiger partial charge in [0.15, 0.2) is 5.82 Å². The first-order chi connectivity index (χ1) is 12.9. The molecule has 1 unspecified atom stereocenters. The molecular weight excluding hydrogens is 338 g/mol. The predicted octanol–water partition coefficient (Wildman–Crippen LogP) is 3.15. The Morgan fingerprint density at radius 2 is 1.67 bits per heavy atom. The molecule has 140 valence electrons. The number of rotatable bonds is 3. The smallest absolute Gasteiger partial charge is 0.328 e. The fourth-order valence-corrected chi connectivity index (χ4v) is 4.57. The van der Waals surface area contributed by atoms with Gasteiger partial charge in [0.1, 0.15) is 0 Å². The number of hydrogen-bond donors (Lipinski definition) is 2. The Balaban J connectivity index is 2.12. The second kappa shape index (κ2) is 6.50. The third-order valence-corrected chi connectivity index (χ3v) is 5.58. The van der Waals surface area contributed by atoms with Crippen LogP contribution in [-0.2, 0) is 18.3 Å². The van der Waals surface area contributed by atoms with E-state index < -0.39 is 11.2 Å². The average molecular weight is 363 g/mol. The third-order valence-electron chi connectivity index (χ3n) is 5.58. The lowest BCUT2D eigenvalue weighted by Gasteiger charge is -2.35. The molecule has 27 heavy (non-hydrogen) atoms. The van der Waals surface area contributed by atoms with Gasteiger partial charge in [0, 0.05) is 6.04 Å². The van der Waals surface area contributed by atoms with E-state index >= 15 is 0 Å². The van der Waals surface area contributed by atoms with Crippen molar-refractivity contribution in [3.05, 3.63) is 86.2 Å². The maximum atomic E-state index is 11.8. The van der Waals surface area contributed by atoms with Crippen LogP contribution in [0.2, 0.25) is 0 Å². The highest BCUT2D eigenvalue weighted by molar-refractivity contribution is 5.55. The molecule has 0 bridgehead atoms. The molecule has 5 nitrogen and oxygen atoms in total. The maximum Gasteiger partial charge on any atom is 0.459 e. The molecule has 0 aliphatic heterocycles. The van der Waals surface area contributed by atoms with Crippen molar-refractivity contribution < 1.29 is 4.52 Å². The van der Waals surface area contributed by atoms with Crippen LogP contribution in [0.3, 0.4) is 0 Å². The van der Waals surface area contributed by atoms with Crippen LogP contribution in [0.4, 0.5) is 0 Å². The van der Waals surface area contributed by atoms with E-state index in [-0.39, 0.29) is 6.04 Å². The average Bonchev–Trinajstić information content (AvgIpc) is 3.00. The van der Waals surface area contributed by atoms with Crippen molar-refractivity contribution in [2.24, 2.45) is 5.73 Å². The number of fused-ring (bicyclic) bond motifs is 2. The lowest BCUT2D eigenvalue weighted by Crippen LogP contribution is -2.38. The summed E-state index contributed by atoms with van der Waals surface area (Å²) in [6.45, 7) is 6.20. The SMILES string of the molecule is Cc1ccc2c(c1)CCc1cc(C)ccc1C2(CC(C)N)c1nc(=O)o[nH]1. The van der Waals surface area contributed by atoms with Gasteiger partial charge >= 0.3 is 5.76 Å². The Labute approximate surface area is 158 Å². The lowest BCUT2D eigenvalue weighted by molar-refractivity contribution is 0.366. The van der Waals surface area contributed by atoms with Gasteiger partial charge in [0.25, 0.3) is 0 Å². The zero-order chi connectivity index (χ0) is 19.2. The van der Waals surface area contributed by atoms with Crippen molar-refractivity contribution in [2.45, 2.75) is 51.5 Å². The molecule has 0 fully saturated rings. The van der Waals surface area contributed by atoms with Crippen molar-refractivity contribution in [1.82, 2.24) is 10.1 Å². The van der Waals surface area contributed by atoms with Crippen LogP contribution < -0.4 is 11.5 Å². The molecule has 2 aromatic carbocycles. The molecule has 1 aliphatic carbocycles. The number of hydrogen-bond acceptors (Lipinski definition) is 4. The highest BCUT2D eigenvalue weighted by Gasteiger charge is 2.44. The zero-order valence-electron chi connectivity index (χ0n) is 16.0. The summed E-state index contributed by atoms with van der Waals surface area (Å²) in [6.07, 6.45) is 2.51. The molecular formula is C22H25N3O2. The number of benzene rings is 2. The number of nitrogens with one attached hydrogen (secondary N) is 1. The molecule has 0 saturated heterocycles. The van der Waals surface area contributed by atoms with Crippen molar-refractivity contribution in [3.63, 3.8) is 0 Å². The topological polar surface area (TPSA) is 84.9 Å². The first-order valence-corrected chi connectivity index (χ1v) is 9.42. The first kappa shape index (κ1) is 17.7. The Kier molecular flexibility index (Phi) is 4.27. The number of aryl methyl sites for hydroxylation is 4. The van der Waals surface area contributed by atoms with Gasteiger partial charge in [-0.15, -0.1) is 0 Å². The molecule has 1 atom stereocenters. The fraction of sp³-hybridized carbons (Fsp3) is 0.364. The largest absolute Gasteiger partial charge is 0.459 e. The van der Waals surface area contributed by atoms with Gasteiger partial charge in [-0.25, -0.2) is 9.95 Å². The summed E-state index contributed by atoms with van der Waals surface area (Å²) < 4.78 is 5.01. The third kappa shape index (κ3) is 2.92. The quantitative estimate of drug-likeness (QED) is 0.749. The van der Waals surface area contributed by atoms with E-state index in [9.17, 15) is 4.79 Å². The van der Waals surface area contributed by atoms with Crippen LogP contribution in [-0.4, -0.2) is 16.2 Å². The Morgan fingerprint density at radius 3 is 2.11 bits per heavy atom. The van der Waals surface area contributed by atoms with Gasteiger partial charge in [0.2, 0.25) is 0 Å². The van der Waals surface area contributed by atoms with E-state index in [1.54, 1.807) is 0 Å². The Hall–Kier alpha value is -2.66. The standard InChI is InChI=1S/C22H25N3O2/c1-13-4-8-18-16(10-13)6-7-17-11-14(2)5-9-19(17)22(18,12-15(3)23)20-24-21(26)27-25-20/h4-5,8-11,15H,6-7,12,23H2,1-3H3,(H,24,25,26). The molecule has 0 saturated carbocycles. The molecule has 1 aliphatic rings. The molecule has 1 aromatic heterocycles. The van der Waals surface area contributed by atoms with Crippen LogP contribution >= 0.6 is 0 Å². The van der Waals surface area contributed by atoms with E-state index in [0.29, 0.717) is 12.2 Å². The van der Waals surface area contributed by atoms with E-state index in [1.807, 2.05) is 6.92 Å². The second-order valence-electron chi connectivity index (χ2n) is 7.84. The number of nitrogens with zero attached hydrogens (tertiary/aromatic N) is 1. The molecule has 1 heterocycles. The lowest BCUT2D eigenvalue weighted by atomic mass is 9.68. The van der Waals surface area contributed by atoms with Gasteiger partial charge in [0.05, 0.1) is 5.41 Å². The summed E-state index contributed by atoms with van der Waals surface area (Å²) in [7, 11) is 0. The molecule has 4 rings (SSSR count). The molecule has 0 amide bonds. The Bertz CT molecular complexity index is 992. The number of nitrogens with two attached hydrogens (primary N) is 1. The summed E-state index contributed by atoms with van der Waals surface area (Å²) >= 11 is 0. The van der Waals surface area contributed by atoms with Crippen LogP contribution in [0.5, 0.6) is 0 Å². The van der Waals surface area contributed by atoms with Crippen LogP contribution in [0, 0.1) is 13.8 Å². The predicted molar refractivity (Wildman–Crippen MR) is 105 cm³/mol. The highest BCUT2D eigenvalue weighted by Crippen LogP contribution is 2.46. The second-order valence-corrected chi connectivity index (χ2v) is 7.84. The monoisotopic (exact) mass is 363 g/mol. The zero-order valence-corrected chi connectivity index (χ0v) is 16.0. The minimum absolute atomic E-state index is 0.0911. The Morgan fingerprint density at radius 1 is 1.11 bits per heavy atom. The molecule has 3 N–H and O–H groups in total. The summed E-state index contributed by atoms with van der Waals surface area (Å²) in [4.78, 5) is 16.0. The number of H-pyrrole nitrogens is 1. The molecule has 3 aromatic rings. The van der Waals surface area contributed by atoms with Crippen LogP contribution in [0.15, 0.2) is 45.7 Å². The van der Waals surface area contributed by atoms with Crippen molar-refractivity contribution >= 4 is 0 Å². The van der Waals surface area contributed by atoms with E-state index in [4.69, 9.17) is 10.3 Å². The fourth-order valence-electron chi connectivity index (χ4n) is 4.57. The van der Waals surface area contributed by atoms with Crippen molar-refractivity contribution in [3.8, 4) is 0 Å². The van der Waals surface area contributed by atoms with E-state index in [1.165, 1.54) is 22.3 Å². The highest BCUT2D eigenvalue weighted by atomic mass is 16.5. The van der Waals surface area contributed by atoms with E-state index in [2.05, 4.69) is 60.4 Å². The minimum atomic E-state index is -0.636. The number of aromatic amines is 1. The van der Waals surface area contributed by atoms with E-state index in [0.717, 1.165) is 24.0 Å². The normalized spacial score (nSPS) is 16.3. The van der Waals surface area contributed by atoms with Gasteiger partial charge in [-0.3, -0.25) is 0 Å². The summed E-state index contributed by atoms with van der Waals surface area (Å²) in [6, 6.07) is 12.9. The van der Waals surface area contributed by atoms with Gasteiger partial charge in [-0.2, -0.15) is 4.98 Å². The molecule has 0 radical (unpaired) electrons. The van der Waals surface area contributed by atoms with Gasteiger partial charge < -0.3 is 10.3 Å². The first-order valence-electron chi connectivity index (χ1n) is 9.42. The van der Waals surface area contributed by atoms with Crippen molar-refractivity contribution in [1.29, 1.82) is 0 Å². The maximum absolute atomic E-state index is 11.8. The minimum Gasteiger partial charge on any atom is -0.328 e. The number of aromatic nitrogens is 2. The summed E-state index contributed by atoms with van der Waals surface area (Å²) in [5.74, 6) is -0.0810. The summed E-state index contributed by atoms with van der Waals surface area (Å²) in [5, 5.41) is 2.81. The molecule has 0 spiro atoms. The summed E-state index contributed by atoms with van der Waals surface area (Å²) in [5.41, 5.74) is 13.0.